The minimum atomic E-state index is -0.232. The van der Waals surface area contributed by atoms with Crippen LogP contribution in [0.1, 0.15) is 26.2 Å². The van der Waals surface area contributed by atoms with Crippen LogP contribution in [0.25, 0.3) is 0 Å². The Kier molecular flexibility index (Phi) is 5.80. The molecule has 114 valence electrons. The summed E-state index contributed by atoms with van der Waals surface area (Å²) in [6.45, 7) is 4.27. The third-order valence-electron chi connectivity index (χ3n) is 3.18. The number of rotatable bonds is 8. The highest BCUT2D eigenvalue weighted by molar-refractivity contribution is 6.32. The van der Waals surface area contributed by atoms with Crippen LogP contribution in [-0.2, 0) is 13.1 Å². The van der Waals surface area contributed by atoms with Gasteiger partial charge in [0.05, 0.1) is 18.2 Å². The first kappa shape index (κ1) is 15.6. The minimum absolute atomic E-state index is 0.212. The number of nitrogens with zero attached hydrogens (tertiary/aromatic N) is 4. The van der Waals surface area contributed by atoms with Crippen molar-refractivity contribution >= 4 is 17.3 Å². The first-order chi connectivity index (χ1) is 10.2. The second kappa shape index (κ2) is 7.83. The lowest BCUT2D eigenvalue weighted by molar-refractivity contribution is 0.543. The summed E-state index contributed by atoms with van der Waals surface area (Å²) in [4.78, 5) is 16.0. The van der Waals surface area contributed by atoms with Gasteiger partial charge in [-0.05, 0) is 12.8 Å². The van der Waals surface area contributed by atoms with Gasteiger partial charge in [0.25, 0.3) is 5.56 Å². The maximum Gasteiger partial charge on any atom is 0.287 e. The predicted molar refractivity (Wildman–Crippen MR) is 83.7 cm³/mol. The van der Waals surface area contributed by atoms with Gasteiger partial charge in [-0.15, -0.1) is 0 Å². The van der Waals surface area contributed by atoms with Crippen molar-refractivity contribution < 1.29 is 0 Å². The number of imidazole rings is 1. The number of unbranched alkanes of at least 4 members (excludes halogenated alkanes) is 1. The molecule has 21 heavy (non-hydrogen) atoms. The number of anilines is 1. The fourth-order valence-corrected chi connectivity index (χ4v) is 2.17. The van der Waals surface area contributed by atoms with Gasteiger partial charge in [-0.3, -0.25) is 4.79 Å². The van der Waals surface area contributed by atoms with Gasteiger partial charge in [0.1, 0.15) is 5.02 Å². The lowest BCUT2D eigenvalue weighted by Crippen LogP contribution is -2.24. The van der Waals surface area contributed by atoms with Gasteiger partial charge >= 0.3 is 0 Å². The van der Waals surface area contributed by atoms with Gasteiger partial charge in [-0.2, -0.15) is 5.10 Å². The lowest BCUT2D eigenvalue weighted by Gasteiger charge is -2.10. The first-order valence-corrected chi connectivity index (χ1v) is 7.55. The van der Waals surface area contributed by atoms with Crippen LogP contribution in [0.15, 0.2) is 29.7 Å². The number of hydrogen-bond acceptors (Lipinski definition) is 4. The molecule has 0 radical (unpaired) electrons. The van der Waals surface area contributed by atoms with E-state index >= 15 is 0 Å². The van der Waals surface area contributed by atoms with Crippen molar-refractivity contribution in [2.45, 2.75) is 39.3 Å². The van der Waals surface area contributed by atoms with Crippen molar-refractivity contribution in [2.24, 2.45) is 0 Å². The summed E-state index contributed by atoms with van der Waals surface area (Å²) in [7, 11) is 0. The van der Waals surface area contributed by atoms with Crippen molar-refractivity contribution in [2.75, 3.05) is 11.9 Å². The molecular weight excluding hydrogens is 290 g/mol. The maximum absolute atomic E-state index is 12.0. The Morgan fingerprint density at radius 3 is 2.90 bits per heavy atom. The van der Waals surface area contributed by atoms with Gasteiger partial charge < -0.3 is 9.88 Å². The van der Waals surface area contributed by atoms with E-state index < -0.39 is 0 Å². The average molecular weight is 310 g/mol. The van der Waals surface area contributed by atoms with E-state index in [9.17, 15) is 4.79 Å². The predicted octanol–water partition coefficient (Wildman–Crippen LogP) is 2.40. The van der Waals surface area contributed by atoms with E-state index in [1.54, 1.807) is 18.7 Å². The highest BCUT2D eigenvalue weighted by atomic mass is 35.5. The molecule has 0 bridgehead atoms. The molecule has 0 spiro atoms. The molecule has 0 saturated heterocycles. The van der Waals surface area contributed by atoms with Gasteiger partial charge in [0.15, 0.2) is 0 Å². The Balaban J connectivity index is 1.88. The molecule has 7 heteroatoms. The zero-order valence-electron chi connectivity index (χ0n) is 12.1. The summed E-state index contributed by atoms with van der Waals surface area (Å²) < 4.78 is 3.42. The molecule has 1 N–H and O–H groups in total. The second-order valence-electron chi connectivity index (χ2n) is 4.83. The molecule has 0 unspecified atom stereocenters. The van der Waals surface area contributed by atoms with Crippen LogP contribution in [0.5, 0.6) is 0 Å². The standard InChI is InChI=1S/C14H20ClN5O/c1-2-3-8-20-14(21)13(15)12(10-18-20)17-5-4-7-19-9-6-16-11-19/h6,9-11,17H,2-5,7-8H2,1H3. The molecule has 0 amide bonds. The van der Waals surface area contributed by atoms with Gasteiger partial charge in [0.2, 0.25) is 0 Å². The first-order valence-electron chi connectivity index (χ1n) is 7.17. The molecule has 2 rings (SSSR count). The monoisotopic (exact) mass is 309 g/mol. The average Bonchev–Trinajstić information content (AvgIpc) is 3.00. The van der Waals surface area contributed by atoms with E-state index in [1.165, 1.54) is 4.68 Å². The Hall–Kier alpha value is -1.82. The molecule has 2 aromatic heterocycles. The van der Waals surface area contributed by atoms with E-state index in [4.69, 9.17) is 11.6 Å². The van der Waals surface area contributed by atoms with Crippen LogP contribution >= 0.6 is 11.6 Å². The van der Waals surface area contributed by atoms with E-state index in [0.29, 0.717) is 12.2 Å². The Bertz CT molecular complexity index is 608. The molecule has 0 fully saturated rings. The molecule has 0 saturated carbocycles. The molecular formula is C14H20ClN5O. The van der Waals surface area contributed by atoms with Crippen molar-refractivity contribution in [1.29, 1.82) is 0 Å². The number of aryl methyl sites for hydroxylation is 2. The van der Waals surface area contributed by atoms with E-state index in [-0.39, 0.29) is 10.6 Å². The maximum atomic E-state index is 12.0. The SMILES string of the molecule is CCCCn1ncc(NCCCn2ccnc2)c(Cl)c1=O. The summed E-state index contributed by atoms with van der Waals surface area (Å²) in [5.74, 6) is 0. The zero-order valence-corrected chi connectivity index (χ0v) is 12.9. The summed E-state index contributed by atoms with van der Waals surface area (Å²) in [5, 5.41) is 7.52. The number of halogens is 1. The fraction of sp³-hybridized carbons (Fsp3) is 0.500. The molecule has 2 aromatic rings. The zero-order chi connectivity index (χ0) is 15.1. The quantitative estimate of drug-likeness (QED) is 0.760. The van der Waals surface area contributed by atoms with Crippen LogP contribution in [0.3, 0.4) is 0 Å². The molecule has 0 aliphatic heterocycles. The summed E-state index contributed by atoms with van der Waals surface area (Å²) in [6.07, 6.45) is 9.92. The van der Waals surface area contributed by atoms with Crippen molar-refractivity contribution in [3.05, 3.63) is 40.3 Å². The largest absolute Gasteiger partial charge is 0.382 e. The molecule has 6 nitrogen and oxygen atoms in total. The van der Waals surface area contributed by atoms with Gasteiger partial charge in [-0.25, -0.2) is 9.67 Å². The van der Waals surface area contributed by atoms with Crippen molar-refractivity contribution in [1.82, 2.24) is 19.3 Å². The Morgan fingerprint density at radius 1 is 1.33 bits per heavy atom. The molecule has 0 aliphatic rings. The fourth-order valence-electron chi connectivity index (χ4n) is 1.96. The second-order valence-corrected chi connectivity index (χ2v) is 5.21. The van der Waals surface area contributed by atoms with Gasteiger partial charge in [-0.1, -0.05) is 24.9 Å². The van der Waals surface area contributed by atoms with E-state index in [2.05, 4.69) is 22.3 Å². The highest BCUT2D eigenvalue weighted by Crippen LogP contribution is 2.15. The minimum Gasteiger partial charge on any atom is -0.382 e. The molecule has 0 aromatic carbocycles. The normalized spacial score (nSPS) is 10.8. The lowest BCUT2D eigenvalue weighted by atomic mass is 10.3. The number of nitrogens with one attached hydrogen (secondary N) is 1. The number of aromatic nitrogens is 4. The van der Waals surface area contributed by atoms with Crippen molar-refractivity contribution in [3.8, 4) is 0 Å². The third kappa shape index (κ3) is 4.32. The Labute approximate surface area is 128 Å². The van der Waals surface area contributed by atoms with E-state index in [0.717, 1.165) is 32.4 Å². The Morgan fingerprint density at radius 2 is 2.19 bits per heavy atom. The van der Waals surface area contributed by atoms with Crippen LogP contribution in [0.4, 0.5) is 5.69 Å². The summed E-state index contributed by atoms with van der Waals surface area (Å²) >= 11 is 6.10. The molecule has 0 aliphatic carbocycles. The molecule has 2 heterocycles. The highest BCUT2D eigenvalue weighted by Gasteiger charge is 2.08. The summed E-state index contributed by atoms with van der Waals surface area (Å²) in [5.41, 5.74) is 0.366. The topological polar surface area (TPSA) is 64.7 Å². The van der Waals surface area contributed by atoms with Crippen LogP contribution in [0.2, 0.25) is 5.02 Å². The van der Waals surface area contributed by atoms with E-state index in [1.807, 2.05) is 10.8 Å². The number of hydrogen-bond donors (Lipinski definition) is 1. The van der Waals surface area contributed by atoms with Crippen molar-refractivity contribution in [3.63, 3.8) is 0 Å². The third-order valence-corrected chi connectivity index (χ3v) is 3.54. The van der Waals surface area contributed by atoms with Crippen LogP contribution in [0, 0.1) is 0 Å². The van der Waals surface area contributed by atoms with Gasteiger partial charge in [0, 0.05) is 32.0 Å². The van der Waals surface area contributed by atoms with Crippen LogP contribution < -0.4 is 10.9 Å². The summed E-state index contributed by atoms with van der Waals surface area (Å²) in [6, 6.07) is 0. The smallest absolute Gasteiger partial charge is 0.287 e. The molecule has 0 atom stereocenters. The van der Waals surface area contributed by atoms with Crippen LogP contribution in [-0.4, -0.2) is 25.9 Å².